The molecule has 0 radical (unpaired) electrons. The van der Waals surface area contributed by atoms with Gasteiger partial charge in [-0.3, -0.25) is 4.79 Å². The van der Waals surface area contributed by atoms with E-state index in [1.165, 1.54) is 0 Å². The largest absolute Gasteiger partial charge is 0.418 e. The zero-order valence-electron chi connectivity index (χ0n) is 14.3. The Hall–Kier alpha value is -2.39. The van der Waals surface area contributed by atoms with Crippen molar-refractivity contribution in [2.24, 2.45) is 0 Å². The van der Waals surface area contributed by atoms with Crippen molar-refractivity contribution in [3.05, 3.63) is 42.0 Å². The molecule has 0 saturated carbocycles. The van der Waals surface area contributed by atoms with Gasteiger partial charge in [0.05, 0.1) is 18.1 Å². The number of hydrogen-bond donors (Lipinski definition) is 3. The number of anilines is 1. The first-order valence-corrected chi connectivity index (χ1v) is 8.05. The van der Waals surface area contributed by atoms with Crippen LogP contribution in [0.4, 0.5) is 18.9 Å². The molecule has 1 aromatic heterocycles. The lowest BCUT2D eigenvalue weighted by Gasteiger charge is -2.24. The highest BCUT2D eigenvalue weighted by Gasteiger charge is 2.58. The Morgan fingerprint density at radius 3 is 2.50 bits per heavy atom. The van der Waals surface area contributed by atoms with E-state index in [9.17, 15) is 23.1 Å². The Balaban J connectivity index is 1.66. The van der Waals surface area contributed by atoms with Crippen LogP contribution in [-0.4, -0.2) is 44.9 Å². The molecule has 0 bridgehead atoms. The summed E-state index contributed by atoms with van der Waals surface area (Å²) in [5.41, 5.74) is 0.328. The summed E-state index contributed by atoms with van der Waals surface area (Å²) >= 11 is 0. The maximum absolute atomic E-state index is 12.8. The SMILES string of the molecule is Cc1ncn(-c2ccc(NC(=O)[C@@H]3C[C@@](O)(C(F)(F)F)CN3)cc2)c1C. The molecule has 1 aliphatic rings. The highest BCUT2D eigenvalue weighted by Crippen LogP contribution is 2.36. The number of benzene rings is 1. The minimum Gasteiger partial charge on any atom is -0.379 e. The summed E-state index contributed by atoms with van der Waals surface area (Å²) in [5, 5.41) is 14.6. The predicted molar refractivity (Wildman–Crippen MR) is 89.1 cm³/mol. The molecule has 2 atom stereocenters. The Kier molecular flexibility index (Phi) is 4.53. The number of carbonyl (C=O) groups excluding carboxylic acids is 1. The molecule has 0 spiro atoms. The number of aliphatic hydroxyl groups is 1. The molecule has 3 N–H and O–H groups in total. The highest BCUT2D eigenvalue weighted by atomic mass is 19.4. The lowest BCUT2D eigenvalue weighted by atomic mass is 9.99. The Bertz CT molecular complexity index is 816. The monoisotopic (exact) mass is 368 g/mol. The third kappa shape index (κ3) is 3.32. The number of halogens is 3. The van der Waals surface area contributed by atoms with Crippen molar-refractivity contribution in [3.63, 3.8) is 0 Å². The number of rotatable bonds is 3. The molecule has 0 unspecified atom stereocenters. The highest BCUT2D eigenvalue weighted by molar-refractivity contribution is 5.95. The summed E-state index contributed by atoms with van der Waals surface area (Å²) in [6, 6.07) is 5.76. The maximum atomic E-state index is 12.8. The van der Waals surface area contributed by atoms with Crippen LogP contribution in [0.2, 0.25) is 0 Å². The van der Waals surface area contributed by atoms with Crippen molar-refractivity contribution in [2.45, 2.75) is 38.1 Å². The molecule has 2 aromatic rings. The molecule has 0 aliphatic carbocycles. The van der Waals surface area contributed by atoms with Crippen LogP contribution in [-0.2, 0) is 4.79 Å². The Labute approximate surface area is 148 Å². The predicted octanol–water partition coefficient (Wildman–Crippen LogP) is 2.08. The van der Waals surface area contributed by atoms with Crippen LogP contribution in [0.25, 0.3) is 5.69 Å². The summed E-state index contributed by atoms with van der Waals surface area (Å²) in [4.78, 5) is 16.4. The normalized spacial score (nSPS) is 23.2. The van der Waals surface area contributed by atoms with E-state index in [0.29, 0.717) is 5.69 Å². The van der Waals surface area contributed by atoms with Crippen molar-refractivity contribution in [1.29, 1.82) is 0 Å². The van der Waals surface area contributed by atoms with E-state index < -0.39 is 36.7 Å². The van der Waals surface area contributed by atoms with Crippen LogP contribution in [0.3, 0.4) is 0 Å². The van der Waals surface area contributed by atoms with Crippen LogP contribution in [0, 0.1) is 13.8 Å². The first-order valence-electron chi connectivity index (χ1n) is 8.05. The van der Waals surface area contributed by atoms with Crippen LogP contribution in [0.5, 0.6) is 0 Å². The molecule has 1 saturated heterocycles. The molecule has 140 valence electrons. The van der Waals surface area contributed by atoms with Crippen molar-refractivity contribution in [2.75, 3.05) is 11.9 Å². The topological polar surface area (TPSA) is 79.2 Å². The van der Waals surface area contributed by atoms with E-state index in [1.807, 2.05) is 18.4 Å². The van der Waals surface area contributed by atoms with E-state index in [-0.39, 0.29) is 0 Å². The molecule has 1 amide bonds. The fourth-order valence-electron chi connectivity index (χ4n) is 2.87. The summed E-state index contributed by atoms with van der Waals surface area (Å²) in [6.45, 7) is 3.13. The van der Waals surface area contributed by atoms with E-state index in [1.54, 1.807) is 30.6 Å². The number of β-amino-alcohol motifs (C(OH)–C–C–N with tert-alkyl or cyclic N) is 1. The van der Waals surface area contributed by atoms with Gasteiger partial charge in [-0.05, 0) is 38.1 Å². The number of aryl methyl sites for hydroxylation is 1. The minimum atomic E-state index is -4.78. The molecule has 1 aromatic carbocycles. The van der Waals surface area contributed by atoms with Gasteiger partial charge < -0.3 is 20.3 Å². The summed E-state index contributed by atoms with van der Waals surface area (Å²) < 4.78 is 40.4. The quantitative estimate of drug-likeness (QED) is 0.775. The third-order valence-corrected chi connectivity index (χ3v) is 4.69. The molecule has 1 aliphatic heterocycles. The van der Waals surface area contributed by atoms with Crippen LogP contribution >= 0.6 is 0 Å². The average molecular weight is 368 g/mol. The van der Waals surface area contributed by atoms with Gasteiger partial charge in [0.15, 0.2) is 5.60 Å². The van der Waals surface area contributed by atoms with Gasteiger partial charge in [-0.1, -0.05) is 0 Å². The van der Waals surface area contributed by atoms with Crippen molar-refractivity contribution < 1.29 is 23.1 Å². The van der Waals surface area contributed by atoms with E-state index in [2.05, 4.69) is 15.6 Å². The number of nitrogens with one attached hydrogen (secondary N) is 2. The number of alkyl halides is 3. The second kappa shape index (κ2) is 6.40. The zero-order valence-corrected chi connectivity index (χ0v) is 14.3. The molecule has 3 rings (SSSR count). The zero-order chi connectivity index (χ0) is 19.1. The van der Waals surface area contributed by atoms with Gasteiger partial charge in [0.25, 0.3) is 0 Å². The van der Waals surface area contributed by atoms with Gasteiger partial charge in [0.1, 0.15) is 0 Å². The molecule has 1 fully saturated rings. The molecule has 2 heterocycles. The van der Waals surface area contributed by atoms with Gasteiger partial charge in [-0.25, -0.2) is 4.98 Å². The molecule has 6 nitrogen and oxygen atoms in total. The van der Waals surface area contributed by atoms with Crippen molar-refractivity contribution >= 4 is 11.6 Å². The number of amides is 1. The van der Waals surface area contributed by atoms with Crippen LogP contribution < -0.4 is 10.6 Å². The van der Waals surface area contributed by atoms with Gasteiger partial charge in [-0.2, -0.15) is 13.2 Å². The number of nitrogens with zero attached hydrogens (tertiary/aromatic N) is 2. The van der Waals surface area contributed by atoms with Crippen LogP contribution in [0.15, 0.2) is 30.6 Å². The number of aromatic nitrogens is 2. The van der Waals surface area contributed by atoms with Gasteiger partial charge in [0, 0.05) is 30.0 Å². The smallest absolute Gasteiger partial charge is 0.379 e. The van der Waals surface area contributed by atoms with Gasteiger partial charge in [0.2, 0.25) is 5.91 Å². The first-order chi connectivity index (χ1) is 12.1. The van der Waals surface area contributed by atoms with Crippen molar-refractivity contribution in [3.8, 4) is 5.69 Å². The number of imidazole rings is 1. The van der Waals surface area contributed by atoms with E-state index in [4.69, 9.17) is 0 Å². The average Bonchev–Trinajstić information content (AvgIpc) is 3.13. The Morgan fingerprint density at radius 2 is 2.00 bits per heavy atom. The number of carbonyl (C=O) groups is 1. The molecular formula is C17H19F3N4O2. The fraction of sp³-hybridized carbons (Fsp3) is 0.412. The lowest BCUT2D eigenvalue weighted by molar-refractivity contribution is -0.252. The third-order valence-electron chi connectivity index (χ3n) is 4.69. The summed E-state index contributed by atoms with van der Waals surface area (Å²) in [5.74, 6) is -0.618. The van der Waals surface area contributed by atoms with Gasteiger partial charge in [-0.15, -0.1) is 0 Å². The fourth-order valence-corrected chi connectivity index (χ4v) is 2.87. The number of hydrogen-bond acceptors (Lipinski definition) is 4. The Morgan fingerprint density at radius 1 is 1.35 bits per heavy atom. The molecular weight excluding hydrogens is 349 g/mol. The maximum Gasteiger partial charge on any atom is 0.418 e. The summed E-state index contributed by atoms with van der Waals surface area (Å²) in [6.07, 6.45) is -3.80. The first kappa shape index (κ1) is 18.4. The minimum absolute atomic E-state index is 0.456. The van der Waals surface area contributed by atoms with E-state index >= 15 is 0 Å². The molecule has 9 heteroatoms. The van der Waals surface area contributed by atoms with Gasteiger partial charge >= 0.3 is 6.18 Å². The molecule has 26 heavy (non-hydrogen) atoms. The lowest BCUT2D eigenvalue weighted by Crippen LogP contribution is -2.46. The summed E-state index contributed by atoms with van der Waals surface area (Å²) in [7, 11) is 0. The second-order valence-electron chi connectivity index (χ2n) is 6.49. The standard InChI is InChI=1S/C17H19F3N4O2/c1-10-11(2)24(9-22-10)13-5-3-12(4-6-13)23-15(25)14-7-16(26,8-21-14)17(18,19)20/h3-6,9,14,21,26H,7-8H2,1-2H3,(H,23,25)/t14-,16-/m0/s1. The van der Waals surface area contributed by atoms with Crippen molar-refractivity contribution in [1.82, 2.24) is 14.9 Å². The second-order valence-corrected chi connectivity index (χ2v) is 6.49. The van der Waals surface area contributed by atoms with E-state index in [0.717, 1.165) is 17.1 Å². The van der Waals surface area contributed by atoms with Crippen LogP contribution in [0.1, 0.15) is 17.8 Å².